The molecule has 0 unspecified atom stereocenters. The maximum Gasteiger partial charge on any atom is 0.315 e. The molecule has 3 amide bonds. The molecule has 0 spiro atoms. The van der Waals surface area contributed by atoms with Crippen molar-refractivity contribution in [3.63, 3.8) is 0 Å². The Kier molecular flexibility index (Phi) is 4.97. The zero-order valence-electron chi connectivity index (χ0n) is 15.7. The van der Waals surface area contributed by atoms with Crippen molar-refractivity contribution in [1.29, 1.82) is 0 Å². The van der Waals surface area contributed by atoms with Crippen LogP contribution in [0.15, 0.2) is 66.7 Å². The first-order chi connectivity index (χ1) is 14.0. The van der Waals surface area contributed by atoms with E-state index in [2.05, 4.69) is 4.98 Å². The molecule has 0 saturated carbocycles. The first-order valence-electron chi connectivity index (χ1n) is 9.25. The lowest BCUT2D eigenvalue weighted by atomic mass is 10.0. The summed E-state index contributed by atoms with van der Waals surface area (Å²) in [6, 6.07) is 19.5. The molecule has 0 fully saturated rings. The largest absolute Gasteiger partial charge is 0.351 e. The number of carbonyl (C=O) groups excluding carboxylic acids is 2. The summed E-state index contributed by atoms with van der Waals surface area (Å²) in [5.74, 6) is -0.617. The summed E-state index contributed by atoms with van der Waals surface area (Å²) in [5.41, 5.74) is 9.07. The second-order valence-corrected chi connectivity index (χ2v) is 6.81. The highest BCUT2D eigenvalue weighted by molar-refractivity contribution is 6.05. The number of fused-ring (bicyclic) bond motifs is 1. The van der Waals surface area contributed by atoms with Crippen LogP contribution in [0.3, 0.4) is 0 Å². The van der Waals surface area contributed by atoms with Gasteiger partial charge in [-0.15, -0.1) is 0 Å². The van der Waals surface area contributed by atoms with Crippen LogP contribution in [0.2, 0.25) is 0 Å². The molecule has 4 rings (SSSR count). The monoisotopic (exact) mass is 388 g/mol. The number of pyridine rings is 1. The fraction of sp³-hybridized carbons (Fsp3) is 0.136. The number of para-hydroxylation sites is 1. The fourth-order valence-electron chi connectivity index (χ4n) is 3.46. The Morgan fingerprint density at radius 3 is 2.48 bits per heavy atom. The highest BCUT2D eigenvalue weighted by Gasteiger charge is 2.24. The van der Waals surface area contributed by atoms with E-state index in [0.29, 0.717) is 30.3 Å². The topological polar surface area (TPSA) is 99.8 Å². The lowest BCUT2D eigenvalue weighted by molar-refractivity contribution is 0.0849. The first kappa shape index (κ1) is 18.6. The van der Waals surface area contributed by atoms with E-state index in [1.807, 2.05) is 42.5 Å². The Labute approximate surface area is 168 Å². The van der Waals surface area contributed by atoms with Gasteiger partial charge in [-0.25, -0.2) is 9.78 Å². The number of nitrogens with zero attached hydrogens (tertiary/aromatic N) is 3. The van der Waals surface area contributed by atoms with Crippen LogP contribution in [0.5, 0.6) is 0 Å². The molecule has 7 heteroatoms. The number of urea groups is 1. The molecule has 2 aromatic carbocycles. The third-order valence-electron chi connectivity index (χ3n) is 4.99. The van der Waals surface area contributed by atoms with Crippen molar-refractivity contribution in [2.45, 2.75) is 13.0 Å². The van der Waals surface area contributed by atoms with E-state index in [1.165, 1.54) is 4.90 Å². The van der Waals surface area contributed by atoms with Crippen molar-refractivity contribution < 1.29 is 14.8 Å². The van der Waals surface area contributed by atoms with E-state index in [1.54, 1.807) is 24.3 Å². The number of aromatic nitrogens is 1. The Morgan fingerprint density at radius 1 is 1.00 bits per heavy atom. The third-order valence-corrected chi connectivity index (χ3v) is 4.99. The van der Waals surface area contributed by atoms with E-state index < -0.39 is 11.9 Å². The molecule has 0 aliphatic carbocycles. The molecule has 2 heterocycles. The Balaban J connectivity index is 1.62. The minimum atomic E-state index is -0.617. The van der Waals surface area contributed by atoms with Crippen LogP contribution >= 0.6 is 0 Å². The maximum absolute atomic E-state index is 12.9. The van der Waals surface area contributed by atoms with E-state index in [9.17, 15) is 14.8 Å². The lowest BCUT2D eigenvalue weighted by Crippen LogP contribution is -2.40. The molecule has 7 nitrogen and oxygen atoms in total. The number of hydroxylamine groups is 1. The van der Waals surface area contributed by atoms with E-state index in [0.717, 1.165) is 22.4 Å². The Bertz CT molecular complexity index is 1070. The van der Waals surface area contributed by atoms with Crippen LogP contribution in [0.25, 0.3) is 11.1 Å². The fourth-order valence-corrected chi connectivity index (χ4v) is 3.46. The van der Waals surface area contributed by atoms with Crippen LogP contribution in [-0.2, 0) is 13.0 Å². The summed E-state index contributed by atoms with van der Waals surface area (Å²) in [6.07, 6.45) is 0.505. The highest BCUT2D eigenvalue weighted by Crippen LogP contribution is 2.30. The summed E-state index contributed by atoms with van der Waals surface area (Å²) in [7, 11) is 0. The number of amides is 3. The second-order valence-electron chi connectivity index (χ2n) is 6.81. The first-order valence-corrected chi connectivity index (χ1v) is 9.25. The van der Waals surface area contributed by atoms with Crippen LogP contribution in [0.1, 0.15) is 21.7 Å². The van der Waals surface area contributed by atoms with Gasteiger partial charge in [0.2, 0.25) is 0 Å². The molecule has 1 aromatic heterocycles. The molecule has 29 heavy (non-hydrogen) atoms. The van der Waals surface area contributed by atoms with Gasteiger partial charge in [-0.05, 0) is 23.3 Å². The number of rotatable bonds is 3. The molecule has 1 aliphatic rings. The molecule has 1 aliphatic heterocycles. The predicted molar refractivity (Wildman–Crippen MR) is 108 cm³/mol. The average Bonchev–Trinajstić information content (AvgIpc) is 2.78. The lowest BCUT2D eigenvalue weighted by Gasteiger charge is -2.27. The van der Waals surface area contributed by atoms with Gasteiger partial charge in [0.15, 0.2) is 0 Å². The smallest absolute Gasteiger partial charge is 0.315 e. The number of benzene rings is 2. The van der Waals surface area contributed by atoms with Crippen LogP contribution in [0.4, 0.5) is 10.5 Å². The van der Waals surface area contributed by atoms with Gasteiger partial charge in [0.05, 0.1) is 5.69 Å². The van der Waals surface area contributed by atoms with Crippen LogP contribution in [-0.4, -0.2) is 33.6 Å². The van der Waals surface area contributed by atoms with Gasteiger partial charge in [0.1, 0.15) is 5.69 Å². The molecule has 3 N–H and O–H groups in total. The zero-order valence-corrected chi connectivity index (χ0v) is 15.7. The van der Waals surface area contributed by atoms with Crippen LogP contribution < -0.4 is 10.8 Å². The minimum absolute atomic E-state index is 0.140. The Hall–Kier alpha value is -3.71. The second kappa shape index (κ2) is 7.73. The van der Waals surface area contributed by atoms with Gasteiger partial charge in [-0.3, -0.25) is 10.0 Å². The van der Waals surface area contributed by atoms with Gasteiger partial charge >= 0.3 is 11.9 Å². The number of hydrogen-bond acceptors (Lipinski definition) is 4. The summed E-state index contributed by atoms with van der Waals surface area (Å²) in [6.45, 7) is 0.818. The van der Waals surface area contributed by atoms with Gasteiger partial charge in [-0.1, -0.05) is 54.6 Å². The summed E-state index contributed by atoms with van der Waals surface area (Å²) in [5, 5.41) is 11.3. The third kappa shape index (κ3) is 3.68. The quantitative estimate of drug-likeness (QED) is 0.531. The van der Waals surface area contributed by atoms with E-state index in [-0.39, 0.29) is 5.69 Å². The van der Waals surface area contributed by atoms with Crippen molar-refractivity contribution >= 4 is 17.6 Å². The van der Waals surface area contributed by atoms with Gasteiger partial charge in [0.25, 0.3) is 0 Å². The molecule has 0 radical (unpaired) electrons. The molecule has 3 aromatic rings. The van der Waals surface area contributed by atoms with Gasteiger partial charge in [-0.2, -0.15) is 5.06 Å². The standard InChI is InChI=1S/C22H20N4O3/c23-22(28)25-13-12-18-16(14-25)10-11-19(24-18)21(27)26(29)20-9-5-4-8-17(20)15-6-2-1-3-7-15/h1-11,29H,12-14H2,(H2,23,28). The summed E-state index contributed by atoms with van der Waals surface area (Å²) >= 11 is 0. The van der Waals surface area contributed by atoms with Crippen LogP contribution in [0, 0.1) is 0 Å². The van der Waals surface area contributed by atoms with E-state index in [4.69, 9.17) is 5.73 Å². The molecule has 0 atom stereocenters. The minimum Gasteiger partial charge on any atom is -0.351 e. The number of nitrogens with two attached hydrogens (primary N) is 1. The highest BCUT2D eigenvalue weighted by atomic mass is 16.5. The number of anilines is 1. The summed E-state index contributed by atoms with van der Waals surface area (Å²) in [4.78, 5) is 30.2. The van der Waals surface area contributed by atoms with Gasteiger partial charge < -0.3 is 10.6 Å². The van der Waals surface area contributed by atoms with E-state index >= 15 is 0 Å². The molecule has 0 saturated heterocycles. The summed E-state index contributed by atoms with van der Waals surface area (Å²) < 4.78 is 0. The maximum atomic E-state index is 12.9. The Morgan fingerprint density at radius 2 is 1.72 bits per heavy atom. The number of primary amides is 1. The van der Waals surface area contributed by atoms with Gasteiger partial charge in [0, 0.05) is 30.8 Å². The van der Waals surface area contributed by atoms with Crippen molar-refractivity contribution in [3.8, 4) is 11.1 Å². The normalized spacial score (nSPS) is 12.9. The van der Waals surface area contributed by atoms with Crippen molar-refractivity contribution in [2.24, 2.45) is 5.73 Å². The molecular weight excluding hydrogens is 368 g/mol. The zero-order chi connectivity index (χ0) is 20.4. The van der Waals surface area contributed by atoms with Crippen molar-refractivity contribution in [3.05, 3.63) is 83.7 Å². The average molecular weight is 388 g/mol. The molecule has 0 bridgehead atoms. The number of carbonyl (C=O) groups is 2. The van der Waals surface area contributed by atoms with Crippen molar-refractivity contribution in [2.75, 3.05) is 11.6 Å². The predicted octanol–water partition coefficient (Wildman–Crippen LogP) is 3.22. The van der Waals surface area contributed by atoms with Crippen molar-refractivity contribution in [1.82, 2.24) is 9.88 Å². The molecular formula is C22H20N4O3. The molecule has 146 valence electrons. The SMILES string of the molecule is NC(=O)N1CCc2nc(C(=O)N(O)c3ccccc3-c3ccccc3)ccc2C1. The number of hydrogen-bond donors (Lipinski definition) is 2.